The maximum Gasteiger partial charge on any atom is 0.125 e. The number of fused-ring (bicyclic) bond motifs is 1. The Hall–Kier alpha value is -0.910. The highest BCUT2D eigenvalue weighted by molar-refractivity contribution is 5.22. The van der Waals surface area contributed by atoms with Gasteiger partial charge in [0, 0.05) is 19.9 Å². The predicted molar refractivity (Wildman–Crippen MR) is 63.0 cm³/mol. The van der Waals surface area contributed by atoms with Crippen LogP contribution in [-0.2, 0) is 27.2 Å². The predicted octanol–water partition coefficient (Wildman–Crippen LogP) is 1.18. The molecule has 17 heavy (non-hydrogen) atoms. The summed E-state index contributed by atoms with van der Waals surface area (Å²) in [7, 11) is 1.70. The summed E-state index contributed by atoms with van der Waals surface area (Å²) in [5.41, 5.74) is 2.30. The minimum Gasteiger partial charge on any atom is -0.383 e. The molecule has 1 aromatic heterocycles. The van der Waals surface area contributed by atoms with Crippen molar-refractivity contribution in [2.24, 2.45) is 0 Å². The molecule has 1 aromatic rings. The standard InChI is InChI=1S/C12H20N2O3/c1-3-16-9-11-12-10(4-6-17-11)8-14(13-12)5-7-15-2/h8,11H,3-7,9H2,1-2H3/t11-/m0/s1. The van der Waals surface area contributed by atoms with Crippen molar-refractivity contribution in [2.75, 3.05) is 33.5 Å². The summed E-state index contributed by atoms with van der Waals surface area (Å²) in [6.45, 7) is 5.49. The van der Waals surface area contributed by atoms with Crippen LogP contribution in [0.25, 0.3) is 0 Å². The molecule has 0 fully saturated rings. The molecule has 1 atom stereocenters. The summed E-state index contributed by atoms with van der Waals surface area (Å²) in [6, 6.07) is 0. The van der Waals surface area contributed by atoms with Crippen LogP contribution < -0.4 is 0 Å². The first-order valence-corrected chi connectivity index (χ1v) is 6.09. The zero-order valence-corrected chi connectivity index (χ0v) is 10.5. The van der Waals surface area contributed by atoms with Crippen LogP contribution in [0.15, 0.2) is 6.20 Å². The van der Waals surface area contributed by atoms with Crippen LogP contribution in [0.1, 0.15) is 24.3 Å². The third-order valence-electron chi connectivity index (χ3n) is 2.86. The number of rotatable bonds is 6. The van der Waals surface area contributed by atoms with Gasteiger partial charge < -0.3 is 14.2 Å². The van der Waals surface area contributed by atoms with Crippen LogP contribution in [0.2, 0.25) is 0 Å². The third kappa shape index (κ3) is 3.06. The van der Waals surface area contributed by atoms with Crippen molar-refractivity contribution in [1.82, 2.24) is 9.78 Å². The van der Waals surface area contributed by atoms with E-state index >= 15 is 0 Å². The Balaban J connectivity index is 2.05. The highest BCUT2D eigenvalue weighted by Gasteiger charge is 2.24. The molecule has 1 aliphatic rings. The fourth-order valence-corrected chi connectivity index (χ4v) is 1.98. The second kappa shape index (κ2) is 6.14. The Morgan fingerprint density at radius 1 is 1.59 bits per heavy atom. The maximum absolute atomic E-state index is 5.69. The summed E-state index contributed by atoms with van der Waals surface area (Å²) in [5, 5.41) is 4.55. The molecule has 5 nitrogen and oxygen atoms in total. The average Bonchev–Trinajstić information content (AvgIpc) is 2.77. The van der Waals surface area contributed by atoms with E-state index < -0.39 is 0 Å². The van der Waals surface area contributed by atoms with Gasteiger partial charge in [0.25, 0.3) is 0 Å². The minimum atomic E-state index is -0.0116. The Morgan fingerprint density at radius 3 is 3.24 bits per heavy atom. The van der Waals surface area contributed by atoms with Crippen molar-refractivity contribution >= 4 is 0 Å². The molecule has 0 amide bonds. The topological polar surface area (TPSA) is 45.5 Å². The van der Waals surface area contributed by atoms with E-state index in [1.807, 2.05) is 11.6 Å². The summed E-state index contributed by atoms with van der Waals surface area (Å²) >= 11 is 0. The van der Waals surface area contributed by atoms with E-state index in [-0.39, 0.29) is 6.10 Å². The van der Waals surface area contributed by atoms with Crippen molar-refractivity contribution in [2.45, 2.75) is 26.0 Å². The van der Waals surface area contributed by atoms with Gasteiger partial charge in [-0.25, -0.2) is 0 Å². The molecule has 0 spiro atoms. The molecule has 0 unspecified atom stereocenters. The monoisotopic (exact) mass is 240 g/mol. The van der Waals surface area contributed by atoms with Gasteiger partial charge in [0.15, 0.2) is 0 Å². The third-order valence-corrected chi connectivity index (χ3v) is 2.86. The Bertz CT molecular complexity index is 352. The van der Waals surface area contributed by atoms with Crippen LogP contribution >= 0.6 is 0 Å². The van der Waals surface area contributed by atoms with Gasteiger partial charge in [-0.05, 0) is 18.9 Å². The van der Waals surface area contributed by atoms with Gasteiger partial charge in [0.1, 0.15) is 6.10 Å². The summed E-state index contributed by atoms with van der Waals surface area (Å²) < 4.78 is 18.1. The SMILES string of the molecule is CCOC[C@@H]1OCCc2cn(CCOC)nc21. The smallest absolute Gasteiger partial charge is 0.125 e. The van der Waals surface area contributed by atoms with E-state index in [1.54, 1.807) is 7.11 Å². The molecule has 0 bridgehead atoms. The lowest BCUT2D eigenvalue weighted by Crippen LogP contribution is -2.20. The molecular formula is C12H20N2O3. The van der Waals surface area contributed by atoms with Crippen LogP contribution in [0.4, 0.5) is 0 Å². The number of hydrogen-bond donors (Lipinski definition) is 0. The van der Waals surface area contributed by atoms with E-state index in [1.165, 1.54) is 5.56 Å². The summed E-state index contributed by atoms with van der Waals surface area (Å²) in [6.07, 6.45) is 3.02. The maximum atomic E-state index is 5.69. The van der Waals surface area contributed by atoms with Gasteiger partial charge in [0.05, 0.1) is 32.1 Å². The van der Waals surface area contributed by atoms with Crippen molar-refractivity contribution < 1.29 is 14.2 Å². The largest absolute Gasteiger partial charge is 0.383 e. The second-order valence-electron chi connectivity index (χ2n) is 4.06. The summed E-state index contributed by atoms with van der Waals surface area (Å²) in [4.78, 5) is 0. The van der Waals surface area contributed by atoms with Crippen LogP contribution in [-0.4, -0.2) is 43.3 Å². The molecule has 0 saturated heterocycles. The molecule has 0 N–H and O–H groups in total. The second-order valence-corrected chi connectivity index (χ2v) is 4.06. The zero-order chi connectivity index (χ0) is 12.1. The van der Waals surface area contributed by atoms with Crippen molar-refractivity contribution in [3.8, 4) is 0 Å². The first-order chi connectivity index (χ1) is 8.35. The molecule has 0 aromatic carbocycles. The lowest BCUT2D eigenvalue weighted by Gasteiger charge is -2.21. The van der Waals surface area contributed by atoms with Crippen molar-refractivity contribution in [3.63, 3.8) is 0 Å². The van der Waals surface area contributed by atoms with Gasteiger partial charge in [0.2, 0.25) is 0 Å². The Labute approximate surface area is 102 Å². The fraction of sp³-hybridized carbons (Fsp3) is 0.750. The first-order valence-electron chi connectivity index (χ1n) is 6.09. The Morgan fingerprint density at radius 2 is 2.47 bits per heavy atom. The number of nitrogens with zero attached hydrogens (tertiary/aromatic N) is 2. The highest BCUT2D eigenvalue weighted by Crippen LogP contribution is 2.25. The molecule has 0 aliphatic carbocycles. The van der Waals surface area contributed by atoms with Crippen molar-refractivity contribution in [3.05, 3.63) is 17.5 Å². The van der Waals surface area contributed by atoms with Crippen molar-refractivity contribution in [1.29, 1.82) is 0 Å². The molecule has 96 valence electrons. The first kappa shape index (κ1) is 12.5. The fourth-order valence-electron chi connectivity index (χ4n) is 1.98. The van der Waals surface area contributed by atoms with E-state index in [0.717, 1.165) is 25.3 Å². The van der Waals surface area contributed by atoms with E-state index in [0.29, 0.717) is 19.8 Å². The summed E-state index contributed by atoms with van der Waals surface area (Å²) in [5.74, 6) is 0. The van der Waals surface area contributed by atoms with Crippen LogP contribution in [0, 0.1) is 0 Å². The van der Waals surface area contributed by atoms with Gasteiger partial charge in [-0.1, -0.05) is 0 Å². The molecule has 2 rings (SSSR count). The van der Waals surface area contributed by atoms with Gasteiger partial charge in [-0.2, -0.15) is 5.10 Å². The number of methoxy groups -OCH3 is 1. The molecule has 2 heterocycles. The number of hydrogen-bond acceptors (Lipinski definition) is 4. The molecule has 0 radical (unpaired) electrons. The molecule has 5 heteroatoms. The highest BCUT2D eigenvalue weighted by atomic mass is 16.5. The van der Waals surface area contributed by atoms with Gasteiger partial charge in [-0.3, -0.25) is 4.68 Å². The van der Waals surface area contributed by atoms with E-state index in [9.17, 15) is 0 Å². The quantitative estimate of drug-likeness (QED) is 0.749. The lowest BCUT2D eigenvalue weighted by molar-refractivity contribution is -0.0244. The van der Waals surface area contributed by atoms with E-state index in [4.69, 9.17) is 14.2 Å². The van der Waals surface area contributed by atoms with E-state index in [2.05, 4.69) is 11.3 Å². The number of ether oxygens (including phenoxy) is 3. The normalized spacial score (nSPS) is 19.3. The minimum absolute atomic E-state index is 0.0116. The zero-order valence-electron chi connectivity index (χ0n) is 10.5. The number of aromatic nitrogens is 2. The molecule has 1 aliphatic heterocycles. The van der Waals surface area contributed by atoms with Gasteiger partial charge in [-0.15, -0.1) is 0 Å². The average molecular weight is 240 g/mol. The van der Waals surface area contributed by atoms with Gasteiger partial charge >= 0.3 is 0 Å². The molecular weight excluding hydrogens is 220 g/mol. The Kier molecular flexibility index (Phi) is 4.53. The molecule has 0 saturated carbocycles. The lowest BCUT2D eigenvalue weighted by atomic mass is 10.1. The van der Waals surface area contributed by atoms with Crippen LogP contribution in [0.5, 0.6) is 0 Å². The van der Waals surface area contributed by atoms with Crippen LogP contribution in [0.3, 0.4) is 0 Å².